The number of hydrogen-bond donors (Lipinski definition) is 1. The van der Waals surface area contributed by atoms with Crippen molar-refractivity contribution in [3.63, 3.8) is 0 Å². The Morgan fingerprint density at radius 3 is 2.43 bits per heavy atom. The number of benzene rings is 2. The summed E-state index contributed by atoms with van der Waals surface area (Å²) in [6, 6.07) is 15.6. The Balaban J connectivity index is 2.11. The number of ether oxygens (including phenoxy) is 2. The van der Waals surface area contributed by atoms with Gasteiger partial charge >= 0.3 is 0 Å². The largest absolute Gasteiger partial charge is 0.457 e. The van der Waals surface area contributed by atoms with Gasteiger partial charge in [-0.15, -0.1) is 0 Å². The van der Waals surface area contributed by atoms with Crippen molar-refractivity contribution in [1.82, 2.24) is 0 Å². The third-order valence-corrected chi connectivity index (χ3v) is 3.41. The fraction of sp³-hybridized carbons (Fsp3) is 0.333. The van der Waals surface area contributed by atoms with Gasteiger partial charge in [0, 0.05) is 12.7 Å². The zero-order valence-electron chi connectivity index (χ0n) is 12.6. The van der Waals surface area contributed by atoms with Crippen molar-refractivity contribution >= 4 is 0 Å². The van der Waals surface area contributed by atoms with E-state index in [4.69, 9.17) is 9.47 Å². The van der Waals surface area contributed by atoms with E-state index in [1.807, 2.05) is 55.5 Å². The molecule has 0 aliphatic heterocycles. The highest BCUT2D eigenvalue weighted by Gasteiger charge is 2.11. The predicted molar refractivity (Wildman–Crippen MR) is 83.8 cm³/mol. The molecule has 3 nitrogen and oxygen atoms in total. The fourth-order valence-electron chi connectivity index (χ4n) is 2.14. The molecule has 3 heteroatoms. The van der Waals surface area contributed by atoms with Crippen LogP contribution in [0.2, 0.25) is 0 Å². The van der Waals surface area contributed by atoms with Crippen LogP contribution in [0.1, 0.15) is 30.6 Å². The van der Waals surface area contributed by atoms with Gasteiger partial charge in [0.1, 0.15) is 11.5 Å². The summed E-state index contributed by atoms with van der Waals surface area (Å²) in [7, 11) is 1.70. The molecule has 2 rings (SSSR count). The van der Waals surface area contributed by atoms with Gasteiger partial charge in [-0.25, -0.2) is 0 Å². The predicted octanol–water partition coefficient (Wildman–Crippen LogP) is 4.11. The first-order valence-corrected chi connectivity index (χ1v) is 7.27. The molecule has 1 N–H and O–H groups in total. The summed E-state index contributed by atoms with van der Waals surface area (Å²) in [6.45, 7) is 2.66. The molecule has 112 valence electrons. The maximum Gasteiger partial charge on any atom is 0.133 e. The summed E-state index contributed by atoms with van der Waals surface area (Å²) >= 11 is 0. The third-order valence-electron chi connectivity index (χ3n) is 3.41. The Labute approximate surface area is 126 Å². The SMILES string of the molecule is CC[C@@H](O)c1ccccc1Oc1ccc(CCOC)cc1. The molecule has 2 aromatic rings. The number of para-hydroxylation sites is 1. The molecule has 0 aromatic heterocycles. The highest BCUT2D eigenvalue weighted by Crippen LogP contribution is 2.30. The average Bonchev–Trinajstić information content (AvgIpc) is 2.54. The molecule has 0 saturated heterocycles. The number of rotatable bonds is 7. The van der Waals surface area contributed by atoms with Crippen molar-refractivity contribution in [3.8, 4) is 11.5 Å². The van der Waals surface area contributed by atoms with Gasteiger partial charge in [0.05, 0.1) is 12.7 Å². The Hall–Kier alpha value is -1.84. The molecule has 21 heavy (non-hydrogen) atoms. The second kappa shape index (κ2) is 7.81. The highest BCUT2D eigenvalue weighted by atomic mass is 16.5. The maximum absolute atomic E-state index is 10.0. The van der Waals surface area contributed by atoms with E-state index in [0.29, 0.717) is 18.8 Å². The Morgan fingerprint density at radius 1 is 1.05 bits per heavy atom. The van der Waals surface area contributed by atoms with Crippen molar-refractivity contribution in [2.75, 3.05) is 13.7 Å². The maximum atomic E-state index is 10.0. The Bertz CT molecular complexity index is 549. The van der Waals surface area contributed by atoms with E-state index < -0.39 is 6.10 Å². The van der Waals surface area contributed by atoms with E-state index in [9.17, 15) is 5.11 Å². The third kappa shape index (κ3) is 4.31. The molecular weight excluding hydrogens is 264 g/mol. The van der Waals surface area contributed by atoms with Gasteiger partial charge in [0.2, 0.25) is 0 Å². The summed E-state index contributed by atoms with van der Waals surface area (Å²) in [5.41, 5.74) is 2.04. The smallest absolute Gasteiger partial charge is 0.133 e. The van der Waals surface area contributed by atoms with Gasteiger partial charge in [-0.1, -0.05) is 37.3 Å². The van der Waals surface area contributed by atoms with Crippen LogP contribution in [0.5, 0.6) is 11.5 Å². The lowest BCUT2D eigenvalue weighted by Crippen LogP contribution is -1.99. The summed E-state index contributed by atoms with van der Waals surface area (Å²) in [6.07, 6.45) is 1.06. The number of hydrogen-bond acceptors (Lipinski definition) is 3. The Kier molecular flexibility index (Phi) is 5.78. The minimum atomic E-state index is -0.498. The van der Waals surface area contributed by atoms with Gasteiger partial charge in [-0.05, 0) is 36.6 Å². The van der Waals surface area contributed by atoms with Crippen molar-refractivity contribution < 1.29 is 14.6 Å². The van der Waals surface area contributed by atoms with Gasteiger partial charge in [0.15, 0.2) is 0 Å². The molecule has 0 aliphatic rings. The van der Waals surface area contributed by atoms with Gasteiger partial charge in [-0.2, -0.15) is 0 Å². The van der Waals surface area contributed by atoms with E-state index in [-0.39, 0.29) is 0 Å². The van der Waals surface area contributed by atoms with Crippen LogP contribution in [0, 0.1) is 0 Å². The van der Waals surface area contributed by atoms with Gasteiger partial charge in [-0.3, -0.25) is 0 Å². The molecular formula is C18H22O3. The Morgan fingerprint density at radius 2 is 1.76 bits per heavy atom. The van der Waals surface area contributed by atoms with E-state index in [2.05, 4.69) is 0 Å². The molecule has 0 radical (unpaired) electrons. The second-order valence-electron chi connectivity index (χ2n) is 4.95. The quantitative estimate of drug-likeness (QED) is 0.832. The summed E-state index contributed by atoms with van der Waals surface area (Å²) < 4.78 is 11.0. The zero-order chi connectivity index (χ0) is 15.1. The average molecular weight is 286 g/mol. The standard InChI is InChI=1S/C18H22O3/c1-3-17(19)16-6-4-5-7-18(16)21-15-10-8-14(9-11-15)12-13-20-2/h4-11,17,19H,3,12-13H2,1-2H3/t17-/m1/s1. The summed E-state index contributed by atoms with van der Waals surface area (Å²) in [5, 5.41) is 10.0. The first-order chi connectivity index (χ1) is 10.2. The van der Waals surface area contributed by atoms with Crippen LogP contribution >= 0.6 is 0 Å². The number of aliphatic hydroxyl groups excluding tert-OH is 1. The monoisotopic (exact) mass is 286 g/mol. The van der Waals surface area contributed by atoms with Gasteiger partial charge < -0.3 is 14.6 Å². The lowest BCUT2D eigenvalue weighted by Gasteiger charge is -2.14. The molecule has 0 spiro atoms. The molecule has 0 saturated carbocycles. The molecule has 1 atom stereocenters. The van der Waals surface area contributed by atoms with Crippen LogP contribution in [-0.2, 0) is 11.2 Å². The van der Waals surface area contributed by atoms with Crippen molar-refractivity contribution in [3.05, 3.63) is 59.7 Å². The zero-order valence-corrected chi connectivity index (χ0v) is 12.6. The summed E-state index contributed by atoms with van der Waals surface area (Å²) in [5.74, 6) is 1.48. The molecule has 0 aliphatic carbocycles. The highest BCUT2D eigenvalue weighted by molar-refractivity contribution is 5.39. The van der Waals surface area contributed by atoms with Crippen molar-refractivity contribution in [1.29, 1.82) is 0 Å². The molecule has 0 heterocycles. The van der Waals surface area contributed by atoms with Gasteiger partial charge in [0.25, 0.3) is 0 Å². The molecule has 0 bridgehead atoms. The topological polar surface area (TPSA) is 38.7 Å². The van der Waals surface area contributed by atoms with Crippen LogP contribution < -0.4 is 4.74 Å². The molecule has 0 amide bonds. The number of aliphatic hydroxyl groups is 1. The van der Waals surface area contributed by atoms with E-state index in [1.165, 1.54) is 5.56 Å². The lowest BCUT2D eigenvalue weighted by molar-refractivity contribution is 0.170. The van der Waals surface area contributed by atoms with Crippen LogP contribution in [0.3, 0.4) is 0 Å². The van der Waals surface area contributed by atoms with E-state index >= 15 is 0 Å². The first-order valence-electron chi connectivity index (χ1n) is 7.27. The lowest BCUT2D eigenvalue weighted by atomic mass is 10.1. The normalized spacial score (nSPS) is 12.1. The fourth-order valence-corrected chi connectivity index (χ4v) is 2.14. The molecule has 0 unspecified atom stereocenters. The summed E-state index contributed by atoms with van der Waals surface area (Å²) in [4.78, 5) is 0. The van der Waals surface area contributed by atoms with E-state index in [1.54, 1.807) is 7.11 Å². The van der Waals surface area contributed by atoms with Crippen LogP contribution in [0.4, 0.5) is 0 Å². The minimum absolute atomic E-state index is 0.498. The minimum Gasteiger partial charge on any atom is -0.457 e. The molecule has 0 fully saturated rings. The van der Waals surface area contributed by atoms with E-state index in [0.717, 1.165) is 17.7 Å². The molecule has 2 aromatic carbocycles. The van der Waals surface area contributed by atoms with Crippen LogP contribution in [0.25, 0.3) is 0 Å². The van der Waals surface area contributed by atoms with Crippen LogP contribution in [-0.4, -0.2) is 18.8 Å². The van der Waals surface area contributed by atoms with Crippen LogP contribution in [0.15, 0.2) is 48.5 Å². The van der Waals surface area contributed by atoms with Crippen molar-refractivity contribution in [2.45, 2.75) is 25.9 Å². The number of methoxy groups -OCH3 is 1. The first kappa shape index (κ1) is 15.5. The van der Waals surface area contributed by atoms with Crippen molar-refractivity contribution in [2.24, 2.45) is 0 Å². The second-order valence-corrected chi connectivity index (χ2v) is 4.95.